The minimum atomic E-state index is -0.168. The lowest BCUT2D eigenvalue weighted by Crippen LogP contribution is -2.10. The summed E-state index contributed by atoms with van der Waals surface area (Å²) in [6, 6.07) is 23.2. The van der Waals surface area contributed by atoms with Crippen LogP contribution in [0.5, 0.6) is 5.75 Å². The highest BCUT2D eigenvalue weighted by Gasteiger charge is 2.21. The molecule has 0 bridgehead atoms. The van der Waals surface area contributed by atoms with Crippen LogP contribution in [0, 0.1) is 0 Å². The fourth-order valence-corrected chi connectivity index (χ4v) is 5.12. The Bertz CT molecular complexity index is 1440. The number of fused-ring (bicyclic) bond motifs is 1. The minimum Gasteiger partial charge on any atom is -0.494 e. The van der Waals surface area contributed by atoms with Crippen molar-refractivity contribution in [2.75, 3.05) is 32.2 Å². The molecule has 0 aliphatic carbocycles. The SMILES string of the molecule is CCCCc1oc2ccccc2c1C(=O)c1ccc(OCCCCCCCCOC(=O)Cc2ccc(N(C)C)cc2)cc1. The van der Waals surface area contributed by atoms with Gasteiger partial charge < -0.3 is 18.8 Å². The normalized spacial score (nSPS) is 11.0. The Kier molecular flexibility index (Phi) is 12.3. The Morgan fingerprint density at radius 1 is 0.767 bits per heavy atom. The Morgan fingerprint density at radius 3 is 2.14 bits per heavy atom. The van der Waals surface area contributed by atoms with E-state index in [1.807, 2.05) is 91.8 Å². The fraction of sp³-hybridized carbons (Fsp3) is 0.405. The lowest BCUT2D eigenvalue weighted by molar-refractivity contribution is -0.142. The fourth-order valence-electron chi connectivity index (χ4n) is 5.12. The summed E-state index contributed by atoms with van der Waals surface area (Å²) >= 11 is 0. The highest BCUT2D eigenvalue weighted by atomic mass is 16.5. The first-order valence-electron chi connectivity index (χ1n) is 15.7. The third-order valence-corrected chi connectivity index (χ3v) is 7.64. The maximum atomic E-state index is 13.5. The van der Waals surface area contributed by atoms with Gasteiger partial charge in [-0.3, -0.25) is 9.59 Å². The summed E-state index contributed by atoms with van der Waals surface area (Å²) in [6.45, 7) is 3.26. The molecule has 0 atom stereocenters. The largest absolute Gasteiger partial charge is 0.494 e. The van der Waals surface area contributed by atoms with E-state index in [1.54, 1.807) is 0 Å². The van der Waals surface area contributed by atoms with Crippen LogP contribution in [0.4, 0.5) is 5.69 Å². The van der Waals surface area contributed by atoms with Gasteiger partial charge in [0.05, 0.1) is 25.2 Å². The van der Waals surface area contributed by atoms with E-state index in [9.17, 15) is 9.59 Å². The summed E-state index contributed by atoms with van der Waals surface area (Å²) in [5.41, 5.74) is 4.17. The number of carbonyl (C=O) groups excluding carboxylic acids is 2. The number of anilines is 1. The molecular formula is C37H45NO5. The molecule has 0 saturated heterocycles. The number of carbonyl (C=O) groups is 2. The first-order chi connectivity index (χ1) is 21.0. The van der Waals surface area contributed by atoms with Crippen molar-refractivity contribution in [2.45, 2.75) is 71.1 Å². The van der Waals surface area contributed by atoms with Gasteiger partial charge in [-0.2, -0.15) is 0 Å². The van der Waals surface area contributed by atoms with Gasteiger partial charge in [-0.05, 0) is 67.3 Å². The predicted molar refractivity (Wildman–Crippen MR) is 173 cm³/mol. The molecule has 0 radical (unpaired) electrons. The molecule has 0 aliphatic rings. The molecule has 0 amide bonds. The van der Waals surface area contributed by atoms with E-state index < -0.39 is 0 Å². The second kappa shape index (κ2) is 16.5. The Balaban J connectivity index is 1.09. The van der Waals surface area contributed by atoms with Crippen LogP contribution in [0.3, 0.4) is 0 Å². The number of hydrogen-bond acceptors (Lipinski definition) is 6. The zero-order valence-electron chi connectivity index (χ0n) is 25.9. The van der Waals surface area contributed by atoms with Crippen LogP contribution in [0.1, 0.15) is 85.5 Å². The summed E-state index contributed by atoms with van der Waals surface area (Å²) in [5, 5.41) is 0.877. The number of unbranched alkanes of at least 4 members (excludes halogenated alkanes) is 6. The van der Waals surface area contributed by atoms with Crippen molar-refractivity contribution in [1.29, 1.82) is 0 Å². The first kappa shape index (κ1) is 31.9. The van der Waals surface area contributed by atoms with Gasteiger partial charge in [0.15, 0.2) is 5.78 Å². The van der Waals surface area contributed by atoms with Crippen molar-refractivity contribution in [2.24, 2.45) is 0 Å². The third kappa shape index (κ3) is 9.47. The van der Waals surface area contributed by atoms with E-state index in [1.165, 1.54) is 0 Å². The van der Waals surface area contributed by atoms with Crippen molar-refractivity contribution in [3.05, 3.63) is 95.2 Å². The third-order valence-electron chi connectivity index (χ3n) is 7.64. The van der Waals surface area contributed by atoms with Crippen molar-refractivity contribution in [3.63, 3.8) is 0 Å². The second-order valence-corrected chi connectivity index (χ2v) is 11.3. The number of aryl methyl sites for hydroxylation is 1. The molecule has 4 aromatic rings. The number of hydrogen-bond donors (Lipinski definition) is 0. The van der Waals surface area contributed by atoms with Gasteiger partial charge in [0, 0.05) is 37.2 Å². The van der Waals surface area contributed by atoms with Gasteiger partial charge >= 0.3 is 5.97 Å². The molecule has 3 aromatic carbocycles. The van der Waals surface area contributed by atoms with Crippen LogP contribution in [-0.2, 0) is 22.4 Å². The molecule has 0 spiro atoms. The minimum absolute atomic E-state index is 0.00715. The summed E-state index contributed by atoms with van der Waals surface area (Å²) in [7, 11) is 3.99. The number of para-hydroxylation sites is 1. The number of rotatable bonds is 18. The monoisotopic (exact) mass is 583 g/mol. The molecule has 1 heterocycles. The van der Waals surface area contributed by atoms with E-state index in [4.69, 9.17) is 13.9 Å². The van der Waals surface area contributed by atoms with Crippen LogP contribution >= 0.6 is 0 Å². The van der Waals surface area contributed by atoms with E-state index in [2.05, 4.69) is 6.92 Å². The smallest absolute Gasteiger partial charge is 0.310 e. The van der Waals surface area contributed by atoms with Gasteiger partial charge in [0.2, 0.25) is 0 Å². The molecule has 0 unspecified atom stereocenters. The molecule has 6 nitrogen and oxygen atoms in total. The van der Waals surface area contributed by atoms with Gasteiger partial charge in [-0.15, -0.1) is 0 Å². The lowest BCUT2D eigenvalue weighted by Gasteiger charge is -2.12. The zero-order chi connectivity index (χ0) is 30.4. The molecule has 0 fully saturated rings. The number of nitrogens with zero attached hydrogens (tertiary/aromatic N) is 1. The highest BCUT2D eigenvalue weighted by Crippen LogP contribution is 2.30. The second-order valence-electron chi connectivity index (χ2n) is 11.3. The van der Waals surface area contributed by atoms with Crippen molar-refractivity contribution in [3.8, 4) is 5.75 Å². The van der Waals surface area contributed by atoms with Crippen molar-refractivity contribution >= 4 is 28.4 Å². The van der Waals surface area contributed by atoms with Gasteiger partial charge in [-0.25, -0.2) is 0 Å². The van der Waals surface area contributed by atoms with Crippen LogP contribution in [-0.4, -0.2) is 39.1 Å². The predicted octanol–water partition coefficient (Wildman–Crippen LogP) is 8.58. The topological polar surface area (TPSA) is 69.0 Å². The maximum absolute atomic E-state index is 13.5. The molecule has 228 valence electrons. The van der Waals surface area contributed by atoms with E-state index in [0.29, 0.717) is 30.8 Å². The van der Waals surface area contributed by atoms with Gasteiger partial charge in [0.1, 0.15) is 17.1 Å². The number of benzene rings is 3. The van der Waals surface area contributed by atoms with Crippen molar-refractivity contribution in [1.82, 2.24) is 0 Å². The maximum Gasteiger partial charge on any atom is 0.310 e. The van der Waals surface area contributed by atoms with E-state index >= 15 is 0 Å². The summed E-state index contributed by atoms with van der Waals surface area (Å²) < 4.78 is 17.4. The van der Waals surface area contributed by atoms with Gasteiger partial charge in [-0.1, -0.05) is 69.4 Å². The first-order valence-corrected chi connectivity index (χ1v) is 15.7. The number of ketones is 1. The molecule has 43 heavy (non-hydrogen) atoms. The number of ether oxygens (including phenoxy) is 2. The average Bonchev–Trinajstić information content (AvgIpc) is 3.39. The molecule has 0 saturated carbocycles. The van der Waals surface area contributed by atoms with Gasteiger partial charge in [0.25, 0.3) is 0 Å². The average molecular weight is 584 g/mol. The lowest BCUT2D eigenvalue weighted by atomic mass is 9.98. The molecule has 0 aliphatic heterocycles. The summed E-state index contributed by atoms with van der Waals surface area (Å²) in [6.07, 6.45) is 9.34. The van der Waals surface area contributed by atoms with E-state index in [-0.39, 0.29) is 11.8 Å². The zero-order valence-corrected chi connectivity index (χ0v) is 25.9. The summed E-state index contributed by atoms with van der Waals surface area (Å²) in [5.74, 6) is 1.37. The molecule has 4 rings (SSSR count). The Labute approximate surface area is 256 Å². The van der Waals surface area contributed by atoms with Crippen LogP contribution in [0.25, 0.3) is 11.0 Å². The number of esters is 1. The summed E-state index contributed by atoms with van der Waals surface area (Å²) in [4.78, 5) is 27.6. The van der Waals surface area contributed by atoms with Crippen LogP contribution < -0.4 is 9.64 Å². The molecule has 0 N–H and O–H groups in total. The number of furan rings is 1. The van der Waals surface area contributed by atoms with Crippen molar-refractivity contribution < 1.29 is 23.5 Å². The standard InChI is InChI=1S/C37H45NO5/c1-4-5-15-34-36(32-14-10-11-16-33(32)43-34)37(40)29-19-23-31(24-20-29)41-25-12-8-6-7-9-13-26-42-35(39)27-28-17-21-30(22-18-28)38(2)3/h10-11,14,16-24H,4-9,12-13,15,25-27H2,1-3H3. The van der Waals surface area contributed by atoms with Crippen LogP contribution in [0.2, 0.25) is 0 Å². The highest BCUT2D eigenvalue weighted by molar-refractivity contribution is 6.16. The van der Waals surface area contributed by atoms with E-state index in [0.717, 1.165) is 91.5 Å². The molecular weight excluding hydrogens is 538 g/mol. The Morgan fingerprint density at radius 2 is 1.44 bits per heavy atom. The quantitative estimate of drug-likeness (QED) is 0.0664. The Hall–Kier alpha value is -4.06. The van der Waals surface area contributed by atoms with Crippen LogP contribution in [0.15, 0.2) is 77.2 Å². The molecule has 1 aromatic heterocycles. The molecule has 6 heteroatoms.